The minimum Gasteiger partial charge on any atom is -0.246 e. The lowest BCUT2D eigenvalue weighted by molar-refractivity contribution is -0.670. The van der Waals surface area contributed by atoms with Crippen LogP contribution in [0.4, 0.5) is 0 Å². The number of aromatic nitrogens is 2. The van der Waals surface area contributed by atoms with Crippen molar-refractivity contribution in [2.75, 3.05) is 0 Å². The number of carbonyl (C=O) groups excluding carboxylic acids is 1. The van der Waals surface area contributed by atoms with E-state index in [2.05, 4.69) is 0 Å². The van der Waals surface area contributed by atoms with E-state index in [1.807, 2.05) is 24.7 Å². The highest BCUT2D eigenvalue weighted by Crippen LogP contribution is 1.87. The van der Waals surface area contributed by atoms with Crippen LogP contribution in [0.25, 0.3) is 0 Å². The Bertz CT molecular complexity index is 240. The summed E-state index contributed by atoms with van der Waals surface area (Å²) < 4.78 is 3.42. The molecule has 0 spiro atoms. The first-order chi connectivity index (χ1) is 4.74. The third-order valence-electron chi connectivity index (χ3n) is 1.36. The van der Waals surface area contributed by atoms with Crippen LogP contribution in [0, 0.1) is 0 Å². The normalized spacial score (nSPS) is 9.80. The zero-order valence-electron chi connectivity index (χ0n) is 6.24. The molecule has 0 radical (unpaired) electrons. The highest BCUT2D eigenvalue weighted by atomic mass is 16.2. The fraction of sp³-hybridized carbons (Fsp3) is 0.429. The van der Waals surface area contributed by atoms with Gasteiger partial charge in [0.05, 0.1) is 7.05 Å². The van der Waals surface area contributed by atoms with Gasteiger partial charge in [0, 0.05) is 6.42 Å². The number of imidazole rings is 1. The Morgan fingerprint density at radius 1 is 1.70 bits per heavy atom. The average molecular weight is 139 g/mol. The molecular weight excluding hydrogens is 128 g/mol. The summed E-state index contributed by atoms with van der Waals surface area (Å²) in [6.45, 7) is 1.85. The molecule has 1 heterocycles. The first-order valence-electron chi connectivity index (χ1n) is 3.30. The highest BCUT2D eigenvalue weighted by Gasteiger charge is 2.06. The Morgan fingerprint density at radius 2 is 2.40 bits per heavy atom. The second-order valence-electron chi connectivity index (χ2n) is 2.23. The molecule has 0 aromatic carbocycles. The van der Waals surface area contributed by atoms with Gasteiger partial charge >= 0.3 is 5.91 Å². The lowest BCUT2D eigenvalue weighted by Gasteiger charge is -1.85. The van der Waals surface area contributed by atoms with Gasteiger partial charge in [0.2, 0.25) is 0 Å². The molecular formula is C7H11N2O+. The Morgan fingerprint density at radius 3 is 2.80 bits per heavy atom. The van der Waals surface area contributed by atoms with Crippen molar-refractivity contribution in [2.24, 2.45) is 7.05 Å². The van der Waals surface area contributed by atoms with Crippen LogP contribution >= 0.6 is 0 Å². The van der Waals surface area contributed by atoms with Crippen molar-refractivity contribution < 1.29 is 9.36 Å². The molecule has 3 heteroatoms. The lowest BCUT2D eigenvalue weighted by atomic mass is 10.4. The van der Waals surface area contributed by atoms with Gasteiger partial charge in [0.15, 0.2) is 0 Å². The number of carbonyl (C=O) groups is 1. The fourth-order valence-electron chi connectivity index (χ4n) is 0.780. The summed E-state index contributed by atoms with van der Waals surface area (Å²) in [5.74, 6) is 0.126. The third-order valence-corrected chi connectivity index (χ3v) is 1.36. The van der Waals surface area contributed by atoms with Gasteiger partial charge in [-0.25, -0.2) is 9.36 Å². The van der Waals surface area contributed by atoms with Gasteiger partial charge in [-0.2, -0.15) is 4.57 Å². The van der Waals surface area contributed by atoms with E-state index < -0.39 is 0 Å². The quantitative estimate of drug-likeness (QED) is 0.516. The van der Waals surface area contributed by atoms with Crippen molar-refractivity contribution >= 4 is 5.91 Å². The monoisotopic (exact) mass is 139 g/mol. The molecule has 0 N–H and O–H groups in total. The van der Waals surface area contributed by atoms with Gasteiger partial charge in [-0.1, -0.05) is 6.92 Å². The van der Waals surface area contributed by atoms with Crippen LogP contribution in [0.1, 0.15) is 18.1 Å². The topological polar surface area (TPSA) is 25.9 Å². The first kappa shape index (κ1) is 6.99. The molecule has 0 saturated heterocycles. The largest absolute Gasteiger partial charge is 0.313 e. The van der Waals surface area contributed by atoms with Gasteiger partial charge in [0.25, 0.3) is 6.33 Å². The van der Waals surface area contributed by atoms with E-state index in [0.29, 0.717) is 6.42 Å². The Hall–Kier alpha value is -1.12. The standard InChI is InChI=1S/C7H11N2O/c1-3-7(10)9-5-4-8(2)6-9/h4-6H,3H2,1-2H3/q+1. The predicted octanol–water partition coefficient (Wildman–Crippen LogP) is 0.363. The second kappa shape index (κ2) is 2.64. The molecule has 1 aromatic heterocycles. The molecule has 0 atom stereocenters. The van der Waals surface area contributed by atoms with E-state index >= 15 is 0 Å². The zero-order chi connectivity index (χ0) is 7.56. The number of hydrogen-bond acceptors (Lipinski definition) is 1. The Labute approximate surface area is 59.9 Å². The fourth-order valence-corrected chi connectivity index (χ4v) is 0.780. The average Bonchev–Trinajstić information content (AvgIpc) is 2.34. The zero-order valence-corrected chi connectivity index (χ0v) is 6.24. The highest BCUT2D eigenvalue weighted by molar-refractivity contribution is 5.77. The molecule has 54 valence electrons. The molecule has 0 aliphatic rings. The van der Waals surface area contributed by atoms with Crippen LogP contribution < -0.4 is 4.57 Å². The van der Waals surface area contributed by atoms with Gasteiger partial charge in [-0.05, 0) is 0 Å². The summed E-state index contributed by atoms with van der Waals surface area (Å²) in [5, 5.41) is 0. The minimum absolute atomic E-state index is 0.126. The van der Waals surface area contributed by atoms with Gasteiger partial charge < -0.3 is 0 Å². The van der Waals surface area contributed by atoms with Crippen molar-refractivity contribution in [3.63, 3.8) is 0 Å². The Kier molecular flexibility index (Phi) is 1.85. The summed E-state index contributed by atoms with van der Waals surface area (Å²) in [4.78, 5) is 11.0. The smallest absolute Gasteiger partial charge is 0.246 e. The van der Waals surface area contributed by atoms with E-state index in [1.165, 1.54) is 0 Å². The number of rotatable bonds is 1. The van der Waals surface area contributed by atoms with E-state index in [-0.39, 0.29) is 5.91 Å². The van der Waals surface area contributed by atoms with Crippen molar-refractivity contribution in [1.82, 2.24) is 4.57 Å². The van der Waals surface area contributed by atoms with E-state index in [4.69, 9.17) is 0 Å². The van der Waals surface area contributed by atoms with Crippen molar-refractivity contribution in [3.05, 3.63) is 18.7 Å². The van der Waals surface area contributed by atoms with Crippen LogP contribution in [0.5, 0.6) is 0 Å². The van der Waals surface area contributed by atoms with E-state index in [0.717, 1.165) is 0 Å². The molecule has 0 unspecified atom stereocenters. The molecule has 0 fully saturated rings. The molecule has 0 aliphatic heterocycles. The third kappa shape index (κ3) is 1.23. The SMILES string of the molecule is CCC(=O)n1cc[n+](C)c1. The number of hydrogen-bond donors (Lipinski definition) is 0. The predicted molar refractivity (Wildman–Crippen MR) is 36.5 cm³/mol. The number of nitrogens with zero attached hydrogens (tertiary/aromatic N) is 2. The molecule has 0 amide bonds. The maximum Gasteiger partial charge on any atom is 0.313 e. The van der Waals surface area contributed by atoms with Crippen molar-refractivity contribution in [2.45, 2.75) is 13.3 Å². The first-order valence-corrected chi connectivity index (χ1v) is 3.30. The second-order valence-corrected chi connectivity index (χ2v) is 2.23. The molecule has 1 aromatic rings. The maximum atomic E-state index is 11.0. The van der Waals surface area contributed by atoms with Crippen LogP contribution in [0.2, 0.25) is 0 Å². The van der Waals surface area contributed by atoms with Crippen LogP contribution in [0.15, 0.2) is 18.7 Å². The van der Waals surface area contributed by atoms with Gasteiger partial charge in [-0.15, -0.1) is 0 Å². The molecule has 0 saturated carbocycles. The van der Waals surface area contributed by atoms with E-state index in [1.54, 1.807) is 17.1 Å². The summed E-state index contributed by atoms with van der Waals surface area (Å²) in [6, 6.07) is 0. The van der Waals surface area contributed by atoms with Crippen molar-refractivity contribution in [3.8, 4) is 0 Å². The van der Waals surface area contributed by atoms with E-state index in [9.17, 15) is 4.79 Å². The van der Waals surface area contributed by atoms with Gasteiger partial charge in [0.1, 0.15) is 12.4 Å². The minimum atomic E-state index is 0.126. The summed E-state index contributed by atoms with van der Waals surface area (Å²) in [6.07, 6.45) is 5.90. The Balaban J connectivity index is 2.85. The number of aryl methyl sites for hydroxylation is 1. The molecule has 1 rings (SSSR count). The van der Waals surface area contributed by atoms with Crippen LogP contribution in [0.3, 0.4) is 0 Å². The lowest BCUT2D eigenvalue weighted by Crippen LogP contribution is -2.24. The summed E-state index contributed by atoms with van der Waals surface area (Å²) >= 11 is 0. The van der Waals surface area contributed by atoms with Gasteiger partial charge in [-0.3, -0.25) is 0 Å². The molecule has 0 bridgehead atoms. The van der Waals surface area contributed by atoms with Crippen molar-refractivity contribution in [1.29, 1.82) is 0 Å². The van der Waals surface area contributed by atoms with Crippen LogP contribution in [-0.2, 0) is 7.05 Å². The maximum absolute atomic E-state index is 11.0. The molecule has 10 heavy (non-hydrogen) atoms. The molecule has 0 aliphatic carbocycles. The van der Waals surface area contributed by atoms with Crippen LogP contribution in [-0.4, -0.2) is 10.5 Å². The summed E-state index contributed by atoms with van der Waals surface area (Å²) in [7, 11) is 1.89. The summed E-state index contributed by atoms with van der Waals surface area (Å²) in [5.41, 5.74) is 0. The molecule has 3 nitrogen and oxygen atoms in total.